The fourth-order valence-electron chi connectivity index (χ4n) is 3.89. The molecule has 2 aromatic rings. The van der Waals surface area contributed by atoms with Gasteiger partial charge in [-0.2, -0.15) is 0 Å². The molecule has 9 heteroatoms. The van der Waals surface area contributed by atoms with Gasteiger partial charge in [-0.3, -0.25) is 14.5 Å². The van der Waals surface area contributed by atoms with Gasteiger partial charge < -0.3 is 10.2 Å². The zero-order valence-electron chi connectivity index (χ0n) is 17.5. The molecular weight excluding hydrogens is 438 g/mol. The van der Waals surface area contributed by atoms with E-state index in [0.717, 1.165) is 0 Å². The first kappa shape index (κ1) is 23.2. The van der Waals surface area contributed by atoms with Gasteiger partial charge in [0.1, 0.15) is 6.04 Å². The van der Waals surface area contributed by atoms with Gasteiger partial charge in [-0.25, -0.2) is 8.42 Å². The highest BCUT2D eigenvalue weighted by atomic mass is 35.5. The number of amides is 2. The minimum Gasteiger partial charge on any atom is -0.358 e. The number of anilines is 1. The smallest absolute Gasteiger partial charge is 0.241 e. The van der Waals surface area contributed by atoms with E-state index in [-0.39, 0.29) is 29.9 Å². The molecule has 31 heavy (non-hydrogen) atoms. The highest BCUT2D eigenvalue weighted by Gasteiger charge is 2.36. The van der Waals surface area contributed by atoms with Crippen molar-refractivity contribution >= 4 is 38.9 Å². The van der Waals surface area contributed by atoms with Crippen LogP contribution in [0.5, 0.6) is 0 Å². The first-order valence-corrected chi connectivity index (χ1v) is 12.2. The molecule has 2 atom stereocenters. The third-order valence-corrected chi connectivity index (χ3v) is 7.38. The predicted octanol–water partition coefficient (Wildman–Crippen LogP) is 2.28. The van der Waals surface area contributed by atoms with E-state index >= 15 is 0 Å². The molecule has 0 saturated carbocycles. The Morgan fingerprint density at radius 1 is 1.13 bits per heavy atom. The molecule has 1 fully saturated rings. The van der Waals surface area contributed by atoms with E-state index in [1.54, 1.807) is 60.3 Å². The Morgan fingerprint density at radius 2 is 1.77 bits per heavy atom. The second kappa shape index (κ2) is 9.80. The fourth-order valence-corrected chi connectivity index (χ4v) is 5.72. The summed E-state index contributed by atoms with van der Waals surface area (Å²) in [5.74, 6) is -0.519. The van der Waals surface area contributed by atoms with Crippen LogP contribution in [0.25, 0.3) is 0 Å². The SMILES string of the molecule is CNC(=O)[C@H](c1ccc(Cl)cc1)N(C)CC(=O)N(c1ccccc1)[C@H]1CCS(=O)(=O)C1. The lowest BCUT2D eigenvalue weighted by atomic mass is 10.0. The third kappa shape index (κ3) is 5.64. The van der Waals surface area contributed by atoms with E-state index in [1.165, 1.54) is 0 Å². The quantitative estimate of drug-likeness (QED) is 0.680. The van der Waals surface area contributed by atoms with Gasteiger partial charge in [-0.05, 0) is 43.3 Å². The summed E-state index contributed by atoms with van der Waals surface area (Å²) in [5, 5.41) is 3.19. The molecule has 0 aromatic heterocycles. The molecule has 0 bridgehead atoms. The molecule has 1 aliphatic heterocycles. The lowest BCUT2D eigenvalue weighted by molar-refractivity contribution is -0.127. The molecular formula is C22H26ClN3O4S. The lowest BCUT2D eigenvalue weighted by Gasteiger charge is -2.32. The molecule has 0 spiro atoms. The van der Waals surface area contributed by atoms with Crippen LogP contribution in [-0.2, 0) is 19.4 Å². The number of rotatable bonds is 7. The second-order valence-electron chi connectivity index (χ2n) is 7.64. The van der Waals surface area contributed by atoms with Crippen molar-refractivity contribution in [2.24, 2.45) is 0 Å². The van der Waals surface area contributed by atoms with Crippen LogP contribution < -0.4 is 10.2 Å². The molecule has 7 nitrogen and oxygen atoms in total. The van der Waals surface area contributed by atoms with E-state index in [1.807, 2.05) is 18.2 Å². The minimum absolute atomic E-state index is 0.0621. The monoisotopic (exact) mass is 463 g/mol. The normalized spacial score (nSPS) is 18.5. The van der Waals surface area contributed by atoms with Crippen molar-refractivity contribution in [3.05, 3.63) is 65.2 Å². The van der Waals surface area contributed by atoms with Crippen LogP contribution in [0.4, 0.5) is 5.69 Å². The average molecular weight is 464 g/mol. The summed E-state index contributed by atoms with van der Waals surface area (Å²) in [7, 11) is 0.0623. The fraction of sp³-hybridized carbons (Fsp3) is 0.364. The van der Waals surface area contributed by atoms with Gasteiger partial charge >= 0.3 is 0 Å². The average Bonchev–Trinajstić information content (AvgIpc) is 3.09. The first-order valence-electron chi connectivity index (χ1n) is 9.96. The highest BCUT2D eigenvalue weighted by Crippen LogP contribution is 2.26. The number of nitrogens with one attached hydrogen (secondary N) is 1. The van der Waals surface area contributed by atoms with Gasteiger partial charge in [0, 0.05) is 17.8 Å². The van der Waals surface area contributed by atoms with E-state index in [9.17, 15) is 18.0 Å². The van der Waals surface area contributed by atoms with Crippen LogP contribution in [0.2, 0.25) is 5.02 Å². The van der Waals surface area contributed by atoms with Crippen LogP contribution in [0.15, 0.2) is 54.6 Å². The maximum atomic E-state index is 13.4. The summed E-state index contributed by atoms with van der Waals surface area (Å²) < 4.78 is 24.1. The standard InChI is InChI=1S/C22H26ClN3O4S/c1-24-22(28)21(16-8-10-17(23)11-9-16)25(2)14-20(27)26(18-6-4-3-5-7-18)19-12-13-31(29,30)15-19/h3-11,19,21H,12-15H2,1-2H3,(H,24,28)/t19-,21-/m0/s1. The summed E-state index contributed by atoms with van der Waals surface area (Å²) in [6.45, 7) is -0.0633. The number of halogens is 1. The van der Waals surface area contributed by atoms with Crippen LogP contribution in [0, 0.1) is 0 Å². The van der Waals surface area contributed by atoms with Crippen molar-refractivity contribution < 1.29 is 18.0 Å². The van der Waals surface area contributed by atoms with Crippen molar-refractivity contribution in [1.29, 1.82) is 0 Å². The van der Waals surface area contributed by atoms with E-state index in [2.05, 4.69) is 5.32 Å². The molecule has 3 rings (SSSR count). The third-order valence-electron chi connectivity index (χ3n) is 5.38. The van der Waals surface area contributed by atoms with Crippen molar-refractivity contribution in [2.45, 2.75) is 18.5 Å². The second-order valence-corrected chi connectivity index (χ2v) is 10.3. The Morgan fingerprint density at radius 3 is 2.32 bits per heavy atom. The minimum atomic E-state index is -3.18. The molecule has 2 aromatic carbocycles. The molecule has 1 saturated heterocycles. The largest absolute Gasteiger partial charge is 0.358 e. The Labute approximate surface area is 187 Å². The molecule has 0 radical (unpaired) electrons. The number of benzene rings is 2. The number of sulfone groups is 1. The summed E-state index contributed by atoms with van der Waals surface area (Å²) in [6, 6.07) is 14.8. The van der Waals surface area contributed by atoms with Crippen LogP contribution >= 0.6 is 11.6 Å². The van der Waals surface area contributed by atoms with E-state index in [4.69, 9.17) is 11.6 Å². The van der Waals surface area contributed by atoms with Crippen LogP contribution in [0.3, 0.4) is 0 Å². The molecule has 0 unspecified atom stereocenters. The van der Waals surface area contributed by atoms with Gasteiger partial charge in [0.2, 0.25) is 11.8 Å². The summed E-state index contributed by atoms with van der Waals surface area (Å²) in [4.78, 5) is 29.2. The van der Waals surface area contributed by atoms with Crippen molar-refractivity contribution in [1.82, 2.24) is 10.2 Å². The number of hydrogen-bond acceptors (Lipinski definition) is 5. The van der Waals surface area contributed by atoms with Crippen molar-refractivity contribution in [2.75, 3.05) is 37.0 Å². The molecule has 1 heterocycles. The molecule has 0 aliphatic carbocycles. The van der Waals surface area contributed by atoms with Gasteiger partial charge in [0.15, 0.2) is 9.84 Å². The zero-order chi connectivity index (χ0) is 22.6. The summed E-state index contributed by atoms with van der Waals surface area (Å²) in [5.41, 5.74) is 1.35. The topological polar surface area (TPSA) is 86.8 Å². The number of carbonyl (C=O) groups is 2. The molecule has 1 aliphatic rings. The Hall–Kier alpha value is -2.42. The van der Waals surface area contributed by atoms with E-state index < -0.39 is 21.9 Å². The number of carbonyl (C=O) groups excluding carboxylic acids is 2. The number of hydrogen-bond donors (Lipinski definition) is 1. The van der Waals surface area contributed by atoms with Crippen molar-refractivity contribution in [3.8, 4) is 0 Å². The Kier molecular flexibility index (Phi) is 7.35. The Balaban J connectivity index is 1.87. The van der Waals surface area contributed by atoms with Gasteiger partial charge in [0.25, 0.3) is 0 Å². The molecule has 1 N–H and O–H groups in total. The van der Waals surface area contributed by atoms with Gasteiger partial charge in [-0.15, -0.1) is 0 Å². The lowest BCUT2D eigenvalue weighted by Crippen LogP contribution is -2.48. The van der Waals surface area contributed by atoms with Crippen molar-refractivity contribution in [3.63, 3.8) is 0 Å². The number of nitrogens with zero attached hydrogens (tertiary/aromatic N) is 2. The number of likely N-dealkylation sites (N-methyl/N-ethyl adjacent to an activating group) is 2. The summed E-state index contributed by atoms with van der Waals surface area (Å²) in [6.07, 6.45) is 0.392. The maximum absolute atomic E-state index is 13.4. The van der Waals surface area contributed by atoms with E-state index in [0.29, 0.717) is 22.7 Å². The van der Waals surface area contributed by atoms with Gasteiger partial charge in [0.05, 0.1) is 24.1 Å². The van der Waals surface area contributed by atoms with Gasteiger partial charge in [-0.1, -0.05) is 41.9 Å². The maximum Gasteiger partial charge on any atom is 0.241 e. The van der Waals surface area contributed by atoms with Crippen LogP contribution in [-0.4, -0.2) is 63.3 Å². The number of para-hydroxylation sites is 1. The summed E-state index contributed by atoms with van der Waals surface area (Å²) >= 11 is 5.97. The zero-order valence-corrected chi connectivity index (χ0v) is 19.1. The highest BCUT2D eigenvalue weighted by molar-refractivity contribution is 7.91. The first-order chi connectivity index (χ1) is 14.7. The van der Waals surface area contributed by atoms with Crippen LogP contribution in [0.1, 0.15) is 18.0 Å². The Bertz CT molecular complexity index is 1030. The molecule has 2 amide bonds. The molecule has 166 valence electrons. The predicted molar refractivity (Wildman–Crippen MR) is 122 cm³/mol.